The lowest BCUT2D eigenvalue weighted by molar-refractivity contribution is 0.00776. The minimum absolute atomic E-state index is 0.172. The summed E-state index contributed by atoms with van der Waals surface area (Å²) in [5.41, 5.74) is 5.24. The molecule has 2 aliphatic rings. The molecule has 2 heterocycles. The van der Waals surface area contributed by atoms with E-state index in [-0.39, 0.29) is 11.3 Å². The molecule has 6 rings (SSSR count). The molecule has 1 saturated carbocycles. The third-order valence-electron chi connectivity index (χ3n) is 7.37. The van der Waals surface area contributed by atoms with Crippen LogP contribution in [0.4, 0.5) is 0 Å². The van der Waals surface area contributed by atoms with Gasteiger partial charge in [-0.15, -0.1) is 0 Å². The van der Waals surface area contributed by atoms with Crippen LogP contribution in [0.25, 0.3) is 38.4 Å². The van der Waals surface area contributed by atoms with Gasteiger partial charge in [0.15, 0.2) is 0 Å². The summed E-state index contributed by atoms with van der Waals surface area (Å²) in [6.45, 7) is 7.39. The Kier molecular flexibility index (Phi) is 5.44. The van der Waals surface area contributed by atoms with Crippen LogP contribution in [0, 0.1) is 17.9 Å². The van der Waals surface area contributed by atoms with Crippen molar-refractivity contribution in [2.24, 2.45) is 0 Å². The van der Waals surface area contributed by atoms with Crippen molar-refractivity contribution >= 4 is 27.9 Å². The number of benzene rings is 3. The summed E-state index contributed by atoms with van der Waals surface area (Å²) >= 11 is 0. The van der Waals surface area contributed by atoms with Crippen LogP contribution in [-0.2, 0) is 4.74 Å². The fourth-order valence-electron chi connectivity index (χ4n) is 5.70. The first-order valence-electron chi connectivity index (χ1n) is 12.4. The number of para-hydroxylation sites is 2. The summed E-state index contributed by atoms with van der Waals surface area (Å²) in [7, 11) is 0. The highest BCUT2D eigenvalue weighted by atomic mass is 16.5. The van der Waals surface area contributed by atoms with Crippen LogP contribution in [0.3, 0.4) is 0 Å². The quantitative estimate of drug-likeness (QED) is 0.226. The van der Waals surface area contributed by atoms with Crippen molar-refractivity contribution in [3.8, 4) is 11.8 Å². The zero-order chi connectivity index (χ0) is 24.5. The highest BCUT2D eigenvalue weighted by Crippen LogP contribution is 2.44. The minimum Gasteiger partial charge on any atom is -0.487 e. The third-order valence-corrected chi connectivity index (χ3v) is 7.37. The van der Waals surface area contributed by atoms with Crippen LogP contribution in [0.1, 0.15) is 37.7 Å². The standard InChI is InChI=1S/C32H25N3O/c1-34-29(22-33)24-20-26(36-32(21-24)18-6-7-19-32)17-14-23-12-15-25(16-13-23)35-30-10-4-2-8-27(30)28-9-3-5-11-31(28)35/h2-5,8-17,20H,6-7,18-19,21H2/b17-14+,29-24+. The van der Waals surface area contributed by atoms with Gasteiger partial charge < -0.3 is 9.30 Å². The van der Waals surface area contributed by atoms with Gasteiger partial charge in [-0.1, -0.05) is 54.6 Å². The molecule has 0 atom stereocenters. The van der Waals surface area contributed by atoms with Gasteiger partial charge in [0.05, 0.1) is 23.7 Å². The number of nitriles is 1. The lowest BCUT2D eigenvalue weighted by atomic mass is 9.88. The maximum absolute atomic E-state index is 9.43. The number of nitrogens with zero attached hydrogens (tertiary/aromatic N) is 3. The Morgan fingerprint density at radius 1 is 0.917 bits per heavy atom. The van der Waals surface area contributed by atoms with Crippen molar-refractivity contribution in [2.75, 3.05) is 0 Å². The van der Waals surface area contributed by atoms with Crippen LogP contribution in [0.2, 0.25) is 0 Å². The minimum atomic E-state index is -0.281. The zero-order valence-corrected chi connectivity index (χ0v) is 19.9. The summed E-state index contributed by atoms with van der Waals surface area (Å²) in [6.07, 6.45) is 10.7. The lowest BCUT2D eigenvalue weighted by Gasteiger charge is -2.35. The molecule has 0 radical (unpaired) electrons. The number of ether oxygens (including phenoxy) is 1. The van der Waals surface area contributed by atoms with Gasteiger partial charge in [0.2, 0.25) is 0 Å². The monoisotopic (exact) mass is 467 g/mol. The summed E-state index contributed by atoms with van der Waals surface area (Å²) in [4.78, 5) is 3.46. The molecule has 0 unspecified atom stereocenters. The molecule has 0 saturated heterocycles. The normalized spacial score (nSPS) is 18.2. The summed E-state index contributed by atoms with van der Waals surface area (Å²) < 4.78 is 8.73. The van der Waals surface area contributed by atoms with Gasteiger partial charge in [-0.05, 0) is 73.2 Å². The van der Waals surface area contributed by atoms with Crippen LogP contribution >= 0.6 is 0 Å². The van der Waals surface area contributed by atoms with Gasteiger partial charge in [-0.2, -0.15) is 0 Å². The fraction of sp³-hybridized carbons (Fsp3) is 0.188. The molecule has 1 aromatic heterocycles. The lowest BCUT2D eigenvalue weighted by Crippen LogP contribution is -2.31. The molecule has 1 aliphatic carbocycles. The van der Waals surface area contributed by atoms with Crippen LogP contribution in [0.15, 0.2) is 102 Å². The molecular formula is C32H25N3O. The fourth-order valence-corrected chi connectivity index (χ4v) is 5.70. The van der Waals surface area contributed by atoms with Crippen molar-refractivity contribution in [3.63, 3.8) is 0 Å². The second kappa shape index (κ2) is 8.91. The molecule has 1 spiro atoms. The number of hydrogen-bond acceptors (Lipinski definition) is 2. The van der Waals surface area contributed by atoms with E-state index in [0.717, 1.165) is 48.3 Å². The van der Waals surface area contributed by atoms with E-state index in [1.54, 1.807) is 0 Å². The second-order valence-corrected chi connectivity index (χ2v) is 9.61. The molecule has 1 fully saturated rings. The Morgan fingerprint density at radius 3 is 2.17 bits per heavy atom. The molecule has 4 aromatic rings. The molecule has 36 heavy (non-hydrogen) atoms. The van der Waals surface area contributed by atoms with Crippen molar-refractivity contribution in [1.82, 2.24) is 4.57 Å². The third kappa shape index (κ3) is 3.78. The molecule has 1 aliphatic heterocycles. The Bertz CT molecular complexity index is 1580. The smallest absolute Gasteiger partial charge is 0.265 e. The van der Waals surface area contributed by atoms with Crippen molar-refractivity contribution in [3.05, 3.63) is 119 Å². The first-order chi connectivity index (χ1) is 17.7. The molecule has 0 amide bonds. The molecule has 3 aromatic carbocycles. The molecule has 4 heteroatoms. The van der Waals surface area contributed by atoms with E-state index >= 15 is 0 Å². The van der Waals surface area contributed by atoms with E-state index in [9.17, 15) is 5.26 Å². The van der Waals surface area contributed by atoms with Gasteiger partial charge in [0.1, 0.15) is 11.4 Å². The van der Waals surface area contributed by atoms with Gasteiger partial charge in [0.25, 0.3) is 5.70 Å². The van der Waals surface area contributed by atoms with Gasteiger partial charge >= 0.3 is 0 Å². The van der Waals surface area contributed by atoms with Crippen molar-refractivity contribution < 1.29 is 4.74 Å². The Morgan fingerprint density at radius 2 is 1.56 bits per heavy atom. The van der Waals surface area contributed by atoms with Crippen molar-refractivity contribution in [1.29, 1.82) is 5.26 Å². The molecule has 4 nitrogen and oxygen atoms in total. The summed E-state index contributed by atoms with van der Waals surface area (Å²) in [5.74, 6) is 0.723. The Balaban J connectivity index is 1.33. The maximum Gasteiger partial charge on any atom is 0.265 e. The summed E-state index contributed by atoms with van der Waals surface area (Å²) in [5, 5.41) is 11.9. The first kappa shape index (κ1) is 22.0. The maximum atomic E-state index is 9.43. The largest absolute Gasteiger partial charge is 0.487 e. The van der Waals surface area contributed by atoms with E-state index in [1.165, 1.54) is 21.8 Å². The number of fused-ring (bicyclic) bond motifs is 3. The SMILES string of the molecule is [C-]#[N+]/C(C#N)=C1C=C(/C=C/c2ccc(-n3c4ccccc4c4ccccc43)cc2)OC2(CCCC2)C\1. The van der Waals surface area contributed by atoms with Crippen LogP contribution in [-0.4, -0.2) is 10.2 Å². The van der Waals surface area contributed by atoms with Crippen molar-refractivity contribution in [2.45, 2.75) is 37.7 Å². The topological polar surface area (TPSA) is 42.3 Å². The average molecular weight is 468 g/mol. The molecule has 0 N–H and O–H groups in total. The number of allylic oxidation sites excluding steroid dienone is 3. The predicted octanol–water partition coefficient (Wildman–Crippen LogP) is 8.11. The van der Waals surface area contributed by atoms with Gasteiger partial charge in [-0.3, -0.25) is 0 Å². The highest BCUT2D eigenvalue weighted by molar-refractivity contribution is 6.09. The molecule has 0 bridgehead atoms. The number of hydrogen-bond donors (Lipinski definition) is 0. The first-order valence-corrected chi connectivity index (χ1v) is 12.4. The predicted molar refractivity (Wildman–Crippen MR) is 144 cm³/mol. The average Bonchev–Trinajstić information content (AvgIpc) is 3.50. The van der Waals surface area contributed by atoms with Crippen LogP contribution < -0.4 is 0 Å². The molecule has 174 valence electrons. The van der Waals surface area contributed by atoms with E-state index in [4.69, 9.17) is 11.3 Å². The highest BCUT2D eigenvalue weighted by Gasteiger charge is 2.39. The number of aromatic nitrogens is 1. The van der Waals surface area contributed by atoms with E-state index in [1.807, 2.05) is 18.2 Å². The zero-order valence-electron chi connectivity index (χ0n) is 19.9. The van der Waals surface area contributed by atoms with E-state index in [0.29, 0.717) is 6.42 Å². The number of rotatable bonds is 3. The van der Waals surface area contributed by atoms with Crippen LogP contribution in [0.5, 0.6) is 0 Å². The molecular weight excluding hydrogens is 442 g/mol. The van der Waals surface area contributed by atoms with E-state index < -0.39 is 0 Å². The Hall–Kier alpha value is -4.54. The van der Waals surface area contributed by atoms with Gasteiger partial charge in [0, 0.05) is 22.9 Å². The summed E-state index contributed by atoms with van der Waals surface area (Å²) in [6, 6.07) is 27.6. The Labute approximate surface area is 210 Å². The van der Waals surface area contributed by atoms with Gasteiger partial charge in [-0.25, -0.2) is 10.1 Å². The second-order valence-electron chi connectivity index (χ2n) is 9.61. The van der Waals surface area contributed by atoms with E-state index in [2.05, 4.69) is 88.3 Å².